The number of hydrogen-bond acceptors (Lipinski definition) is 7. The third-order valence-electron chi connectivity index (χ3n) is 11.7. The zero-order valence-corrected chi connectivity index (χ0v) is 32.1. The fourth-order valence-corrected chi connectivity index (χ4v) is 9.19. The molecule has 5 aromatic carbocycles. The van der Waals surface area contributed by atoms with E-state index in [0.29, 0.717) is 28.8 Å². The molecule has 0 amide bonds. The van der Waals surface area contributed by atoms with Crippen molar-refractivity contribution in [1.29, 1.82) is 0 Å². The van der Waals surface area contributed by atoms with Crippen LogP contribution in [0.5, 0.6) is 23.0 Å². The maximum absolute atomic E-state index is 6.81. The molecule has 7 heterocycles. The van der Waals surface area contributed by atoms with Crippen LogP contribution in [-0.2, 0) is 12.8 Å². The summed E-state index contributed by atoms with van der Waals surface area (Å²) in [6.45, 7) is 2.13. The van der Waals surface area contributed by atoms with Crippen LogP contribution < -0.4 is 14.4 Å². The molecular formula is C50H37N7O2. The third kappa shape index (κ3) is 5.68. The molecule has 9 heteroatoms. The van der Waals surface area contributed by atoms with E-state index in [1.165, 1.54) is 5.69 Å². The van der Waals surface area contributed by atoms with Gasteiger partial charge in [0.25, 0.3) is 0 Å². The van der Waals surface area contributed by atoms with Crippen LogP contribution in [0, 0.1) is 0 Å². The number of pyridine rings is 2. The molecule has 10 aromatic rings. The Morgan fingerprint density at radius 2 is 0.932 bits per heavy atom. The Bertz CT molecular complexity index is 3040. The van der Waals surface area contributed by atoms with E-state index in [-0.39, 0.29) is 0 Å². The minimum atomic E-state index is 0.623. The highest BCUT2D eigenvalue weighted by atomic mass is 16.5. The Hall–Kier alpha value is -7.52. The summed E-state index contributed by atoms with van der Waals surface area (Å²) in [4.78, 5) is 22.3. The molecule has 0 unspecified atom stereocenters. The molecule has 0 saturated heterocycles. The predicted molar refractivity (Wildman–Crippen MR) is 234 cm³/mol. The zero-order chi connectivity index (χ0) is 38.9. The van der Waals surface area contributed by atoms with Crippen LogP contribution >= 0.6 is 0 Å². The Morgan fingerprint density at radius 3 is 1.44 bits per heavy atom. The second kappa shape index (κ2) is 13.6. The first-order valence-electron chi connectivity index (χ1n) is 20.3. The third-order valence-corrected chi connectivity index (χ3v) is 11.7. The minimum absolute atomic E-state index is 0.623. The lowest BCUT2D eigenvalue weighted by Crippen LogP contribution is -2.35. The van der Waals surface area contributed by atoms with Gasteiger partial charge in [-0.25, -0.2) is 19.9 Å². The van der Waals surface area contributed by atoms with E-state index in [4.69, 9.17) is 29.4 Å². The van der Waals surface area contributed by atoms with Crippen molar-refractivity contribution in [3.8, 4) is 46.0 Å². The molecule has 0 radical (unpaired) electrons. The number of aryl methyl sites for hydroxylation is 2. The maximum Gasteiger partial charge on any atom is 0.160 e. The molecule has 0 aliphatic carbocycles. The fourth-order valence-electron chi connectivity index (χ4n) is 9.19. The van der Waals surface area contributed by atoms with Gasteiger partial charge in [-0.05, 0) is 98.5 Å². The van der Waals surface area contributed by atoms with E-state index in [9.17, 15) is 0 Å². The van der Waals surface area contributed by atoms with Gasteiger partial charge in [0.1, 0.15) is 34.6 Å². The molecule has 12 rings (SSSR count). The van der Waals surface area contributed by atoms with E-state index in [2.05, 4.69) is 86.8 Å². The van der Waals surface area contributed by atoms with Crippen molar-refractivity contribution in [2.75, 3.05) is 18.0 Å². The summed E-state index contributed by atoms with van der Waals surface area (Å²) < 4.78 is 18.0. The van der Waals surface area contributed by atoms with Crippen LogP contribution in [-0.4, -0.2) is 42.2 Å². The highest BCUT2D eigenvalue weighted by Gasteiger charge is 2.27. The van der Waals surface area contributed by atoms with Crippen molar-refractivity contribution in [2.24, 2.45) is 0 Å². The molecule has 284 valence electrons. The lowest BCUT2D eigenvalue weighted by atomic mass is 9.99. The van der Waals surface area contributed by atoms with E-state index in [1.807, 2.05) is 79.1 Å². The molecule has 0 atom stereocenters. The molecule has 0 spiro atoms. The smallest absolute Gasteiger partial charge is 0.160 e. The van der Waals surface area contributed by atoms with Crippen LogP contribution in [0.25, 0.3) is 66.6 Å². The molecule has 0 N–H and O–H groups in total. The van der Waals surface area contributed by atoms with Crippen LogP contribution in [0.1, 0.15) is 24.2 Å². The Kier molecular flexibility index (Phi) is 7.72. The number of fused-ring (bicyclic) bond motifs is 6. The molecule has 0 fully saturated rings. The first kappa shape index (κ1) is 33.6. The largest absolute Gasteiger partial charge is 0.457 e. The molecule has 9 nitrogen and oxygen atoms in total. The summed E-state index contributed by atoms with van der Waals surface area (Å²) in [7, 11) is 0. The molecule has 0 bridgehead atoms. The highest BCUT2D eigenvalue weighted by Crippen LogP contribution is 2.41. The number of para-hydroxylation sites is 2. The van der Waals surface area contributed by atoms with Crippen molar-refractivity contribution in [2.45, 2.75) is 25.7 Å². The van der Waals surface area contributed by atoms with Crippen LogP contribution in [0.2, 0.25) is 0 Å². The number of nitrogens with zero attached hydrogens (tertiary/aromatic N) is 7. The number of aromatic nitrogens is 6. The number of benzene rings is 5. The minimum Gasteiger partial charge on any atom is -0.457 e. The molecule has 0 saturated carbocycles. The number of hydrogen-bond donors (Lipinski definition) is 0. The van der Waals surface area contributed by atoms with Crippen LogP contribution in [0.15, 0.2) is 152 Å². The topological polar surface area (TPSA) is 83.1 Å². The monoisotopic (exact) mass is 767 g/mol. The van der Waals surface area contributed by atoms with Gasteiger partial charge in [-0.3, -0.25) is 9.13 Å². The van der Waals surface area contributed by atoms with Gasteiger partial charge in [-0.15, -0.1) is 0 Å². The number of anilines is 1. The van der Waals surface area contributed by atoms with Gasteiger partial charge < -0.3 is 14.4 Å². The summed E-state index contributed by atoms with van der Waals surface area (Å²) in [5.74, 6) is 5.02. The van der Waals surface area contributed by atoms with E-state index < -0.39 is 0 Å². The van der Waals surface area contributed by atoms with Crippen molar-refractivity contribution >= 4 is 49.3 Å². The van der Waals surface area contributed by atoms with E-state index in [1.54, 1.807) is 0 Å². The SMILES string of the molecule is c1ccc(-n2c3ccccc3c3ccc(Oc4cc(Oc5ccc6c7ccccc7n(-c7ccccn7)c6c5)cc(-c5nc6c7c(n5)CCCN7CCC6)c4)cc32)nc1. The van der Waals surface area contributed by atoms with Crippen molar-refractivity contribution in [3.05, 3.63) is 163 Å². The summed E-state index contributed by atoms with van der Waals surface area (Å²) in [6.07, 6.45) is 7.73. The maximum atomic E-state index is 6.81. The van der Waals surface area contributed by atoms with Crippen molar-refractivity contribution in [1.82, 2.24) is 29.1 Å². The van der Waals surface area contributed by atoms with Crippen molar-refractivity contribution < 1.29 is 9.47 Å². The number of rotatable bonds is 7. The second-order valence-corrected chi connectivity index (χ2v) is 15.3. The van der Waals surface area contributed by atoms with Gasteiger partial charge in [0.15, 0.2) is 5.82 Å². The summed E-state index contributed by atoms with van der Waals surface area (Å²) in [6, 6.07) is 47.4. The quantitative estimate of drug-likeness (QED) is 0.160. The van der Waals surface area contributed by atoms with Crippen molar-refractivity contribution in [3.63, 3.8) is 0 Å². The second-order valence-electron chi connectivity index (χ2n) is 15.3. The lowest BCUT2D eigenvalue weighted by molar-refractivity contribution is 0.461. The summed E-state index contributed by atoms with van der Waals surface area (Å²) in [5, 5.41) is 4.56. The van der Waals surface area contributed by atoms with Gasteiger partial charge in [0.2, 0.25) is 0 Å². The van der Waals surface area contributed by atoms with Gasteiger partial charge in [0, 0.05) is 70.8 Å². The van der Waals surface area contributed by atoms with Crippen LogP contribution in [0.3, 0.4) is 0 Å². The van der Waals surface area contributed by atoms with Gasteiger partial charge in [-0.2, -0.15) is 0 Å². The predicted octanol–water partition coefficient (Wildman–Crippen LogP) is 11.4. The fraction of sp³-hybridized carbons (Fsp3) is 0.120. The Balaban J connectivity index is 0.990. The normalized spacial score (nSPS) is 13.7. The lowest BCUT2D eigenvalue weighted by Gasteiger charge is -2.35. The molecule has 2 aliphatic rings. The standard InChI is InChI=1S/C50H37N7O2/c1-3-15-43-37(11-1)39-21-19-33(30-45(39)56(43)47-17-5-7-23-51-47)58-35-27-32(50-53-41-13-9-25-55-26-10-14-42(54-50)49(41)55)28-36(29-35)59-34-20-22-40-38-12-2-4-16-44(38)57(46(40)31-34)48-18-6-8-24-52-48/h1-8,11-12,15-24,27-31H,9-10,13-14,25-26H2. The van der Waals surface area contributed by atoms with E-state index >= 15 is 0 Å². The number of ether oxygens (including phenoxy) is 2. The molecule has 5 aromatic heterocycles. The molecule has 2 aliphatic heterocycles. The average Bonchev–Trinajstić information content (AvgIpc) is 3.79. The summed E-state index contributed by atoms with van der Waals surface area (Å²) >= 11 is 0. The molecule has 59 heavy (non-hydrogen) atoms. The van der Waals surface area contributed by atoms with E-state index in [0.717, 1.165) is 111 Å². The summed E-state index contributed by atoms with van der Waals surface area (Å²) in [5.41, 5.74) is 8.52. The van der Waals surface area contributed by atoms with Gasteiger partial charge in [-0.1, -0.05) is 48.5 Å². The van der Waals surface area contributed by atoms with Gasteiger partial charge >= 0.3 is 0 Å². The molecular weight excluding hydrogens is 731 g/mol. The Labute approximate surface area is 339 Å². The van der Waals surface area contributed by atoms with Crippen LogP contribution in [0.4, 0.5) is 5.69 Å². The zero-order valence-electron chi connectivity index (χ0n) is 32.1. The average molecular weight is 768 g/mol. The first-order chi connectivity index (χ1) is 29.2. The van der Waals surface area contributed by atoms with Gasteiger partial charge in [0.05, 0.1) is 39.1 Å². The Morgan fingerprint density at radius 1 is 0.441 bits per heavy atom. The first-order valence-corrected chi connectivity index (χ1v) is 20.3. The highest BCUT2D eigenvalue weighted by molar-refractivity contribution is 6.10.